The number of fused-ring (bicyclic) bond motifs is 3. The zero-order valence-corrected chi connectivity index (χ0v) is 23.4. The van der Waals surface area contributed by atoms with Gasteiger partial charge in [0, 0.05) is 38.4 Å². The van der Waals surface area contributed by atoms with E-state index in [1.165, 1.54) is 71.6 Å². The molecule has 2 nitrogen and oxygen atoms in total. The van der Waals surface area contributed by atoms with E-state index in [9.17, 15) is 0 Å². The highest BCUT2D eigenvalue weighted by Crippen LogP contribution is 2.45. The van der Waals surface area contributed by atoms with E-state index in [1.807, 2.05) is 0 Å². The van der Waals surface area contributed by atoms with Crippen molar-refractivity contribution in [2.24, 2.45) is 0 Å². The Morgan fingerprint density at radius 2 is 1.45 bits per heavy atom. The van der Waals surface area contributed by atoms with Crippen LogP contribution in [0, 0.1) is 0 Å². The van der Waals surface area contributed by atoms with Gasteiger partial charge in [0.15, 0.2) is 0 Å². The molecule has 0 fully saturated rings. The second kappa shape index (κ2) is 9.22. The van der Waals surface area contributed by atoms with E-state index < -0.39 is 0 Å². The van der Waals surface area contributed by atoms with Crippen LogP contribution in [0.5, 0.6) is 0 Å². The van der Waals surface area contributed by atoms with Gasteiger partial charge in [-0.25, -0.2) is 0 Å². The lowest BCUT2D eigenvalue weighted by Crippen LogP contribution is -2.32. The highest BCUT2D eigenvalue weighted by molar-refractivity contribution is 6.20. The number of para-hydroxylation sites is 2. The fraction of sp³-hybridized carbons (Fsp3) is 0.100. The molecule has 3 aliphatic rings. The summed E-state index contributed by atoms with van der Waals surface area (Å²) < 4.78 is 2.50. The lowest BCUT2D eigenvalue weighted by atomic mass is 9.90. The van der Waals surface area contributed by atoms with Crippen molar-refractivity contribution < 1.29 is 0 Å². The molecule has 6 aromatic rings. The Balaban J connectivity index is 1.46. The van der Waals surface area contributed by atoms with Crippen LogP contribution >= 0.6 is 0 Å². The molecule has 200 valence electrons. The maximum Gasteiger partial charge on any atom is 0.0560 e. The van der Waals surface area contributed by atoms with Crippen LogP contribution in [0.25, 0.3) is 50.1 Å². The van der Waals surface area contributed by atoms with Gasteiger partial charge in [-0.1, -0.05) is 103 Å². The molecule has 0 N–H and O–H groups in total. The molecule has 0 amide bonds. The molecule has 0 saturated carbocycles. The Bertz CT molecular complexity index is 2220. The zero-order valence-electron chi connectivity index (χ0n) is 23.4. The largest absolute Gasteiger partial charge is 0.334 e. The van der Waals surface area contributed by atoms with Gasteiger partial charge in [0.2, 0.25) is 0 Å². The second-order valence-electron chi connectivity index (χ2n) is 11.5. The van der Waals surface area contributed by atoms with Gasteiger partial charge in [-0.2, -0.15) is 0 Å². The molecular weight excluding hydrogens is 508 g/mol. The molecule has 42 heavy (non-hydrogen) atoms. The van der Waals surface area contributed by atoms with Gasteiger partial charge in [0.25, 0.3) is 0 Å². The molecule has 0 aliphatic heterocycles. The Labute approximate surface area is 245 Å². The van der Waals surface area contributed by atoms with Crippen LogP contribution in [0.3, 0.4) is 0 Å². The van der Waals surface area contributed by atoms with Gasteiger partial charge >= 0.3 is 0 Å². The maximum absolute atomic E-state index is 2.54. The Hall–Kier alpha value is -5.08. The average Bonchev–Trinajstić information content (AvgIpc) is 3.35. The van der Waals surface area contributed by atoms with E-state index in [4.69, 9.17) is 0 Å². The summed E-state index contributed by atoms with van der Waals surface area (Å²) in [6.45, 7) is 0. The first-order valence-corrected chi connectivity index (χ1v) is 15.0. The molecule has 5 aromatic carbocycles. The van der Waals surface area contributed by atoms with E-state index in [0.717, 1.165) is 19.3 Å². The van der Waals surface area contributed by atoms with Crippen molar-refractivity contribution in [3.8, 4) is 16.8 Å². The molecule has 9 rings (SSSR count). The molecule has 3 aliphatic carbocycles. The van der Waals surface area contributed by atoms with Gasteiger partial charge in [-0.3, -0.25) is 0 Å². The third-order valence-electron chi connectivity index (χ3n) is 9.30. The third-order valence-corrected chi connectivity index (χ3v) is 9.30. The molecular formula is C40H30N2. The molecule has 0 bridgehead atoms. The van der Waals surface area contributed by atoms with Crippen molar-refractivity contribution in [1.29, 1.82) is 0 Å². The van der Waals surface area contributed by atoms with E-state index in [1.54, 1.807) is 0 Å². The Morgan fingerprint density at radius 1 is 0.667 bits per heavy atom. The number of anilines is 2. The Morgan fingerprint density at radius 3 is 2.26 bits per heavy atom. The van der Waals surface area contributed by atoms with E-state index in [-0.39, 0.29) is 6.04 Å². The van der Waals surface area contributed by atoms with Crippen LogP contribution < -0.4 is 15.5 Å². The van der Waals surface area contributed by atoms with Gasteiger partial charge in [0.05, 0.1) is 16.9 Å². The monoisotopic (exact) mass is 538 g/mol. The Kier molecular flexibility index (Phi) is 5.18. The molecule has 1 aromatic heterocycles. The quantitative estimate of drug-likeness (QED) is 0.218. The standard InChI is InChI=1S/C40H30N2/c1-4-13-27(14-5-1)41(28-15-6-2-7-16-28)35-25-23-33-31-20-11-10-19-30(31)32-21-12-22-36-39(32)40-37(26-24-34(35)38(33)40)42(36)29-17-8-3-9-18-29/h1-11,13-15,17-20,22-26,28H,12,16,21H2. The van der Waals surface area contributed by atoms with Crippen LogP contribution in [0.1, 0.15) is 24.8 Å². The van der Waals surface area contributed by atoms with Gasteiger partial charge in [0.1, 0.15) is 0 Å². The predicted octanol–water partition coefficient (Wildman–Crippen LogP) is 8.56. The molecule has 1 unspecified atom stereocenters. The highest BCUT2D eigenvalue weighted by atomic mass is 15.2. The zero-order chi connectivity index (χ0) is 27.6. The van der Waals surface area contributed by atoms with Gasteiger partial charge < -0.3 is 9.47 Å². The fourth-order valence-corrected chi connectivity index (χ4v) is 7.60. The number of benzene rings is 5. The SMILES string of the molecule is C1=CCC(N(c2ccccc2)c2ccc3c4c2ccc2c4c4c(n2-c2ccccc2)=CCCC=4c2ccccc2-3)C=C1. The summed E-state index contributed by atoms with van der Waals surface area (Å²) in [6.07, 6.45) is 14.5. The summed E-state index contributed by atoms with van der Waals surface area (Å²) in [5, 5.41) is 6.81. The summed E-state index contributed by atoms with van der Waals surface area (Å²) in [7, 11) is 0. The van der Waals surface area contributed by atoms with Crippen LogP contribution in [0.2, 0.25) is 0 Å². The van der Waals surface area contributed by atoms with Crippen molar-refractivity contribution in [1.82, 2.24) is 4.57 Å². The summed E-state index contributed by atoms with van der Waals surface area (Å²) in [4.78, 5) is 2.54. The van der Waals surface area contributed by atoms with Crippen LogP contribution in [-0.4, -0.2) is 10.6 Å². The molecule has 0 radical (unpaired) electrons. The first-order chi connectivity index (χ1) is 20.9. The van der Waals surface area contributed by atoms with Gasteiger partial charge in [-0.05, 0) is 77.9 Å². The minimum absolute atomic E-state index is 0.248. The number of hydrogen-bond donors (Lipinski definition) is 0. The maximum atomic E-state index is 2.54. The van der Waals surface area contributed by atoms with Crippen molar-refractivity contribution in [2.45, 2.75) is 25.3 Å². The average molecular weight is 539 g/mol. The van der Waals surface area contributed by atoms with Crippen LogP contribution in [0.4, 0.5) is 11.4 Å². The van der Waals surface area contributed by atoms with E-state index in [2.05, 4.69) is 149 Å². The fourth-order valence-electron chi connectivity index (χ4n) is 7.60. The van der Waals surface area contributed by atoms with Crippen LogP contribution in [-0.2, 0) is 0 Å². The lowest BCUT2D eigenvalue weighted by Gasteiger charge is -2.34. The van der Waals surface area contributed by atoms with Crippen molar-refractivity contribution >= 4 is 44.7 Å². The van der Waals surface area contributed by atoms with E-state index in [0.29, 0.717) is 0 Å². The highest BCUT2D eigenvalue weighted by Gasteiger charge is 2.28. The topological polar surface area (TPSA) is 8.17 Å². The number of allylic oxidation sites excluding steroid dienone is 2. The smallest absolute Gasteiger partial charge is 0.0560 e. The molecule has 1 atom stereocenters. The predicted molar refractivity (Wildman–Crippen MR) is 177 cm³/mol. The molecule has 2 heteroatoms. The van der Waals surface area contributed by atoms with Crippen molar-refractivity contribution in [2.75, 3.05) is 4.90 Å². The summed E-state index contributed by atoms with van der Waals surface area (Å²) in [5.74, 6) is 0. The van der Waals surface area contributed by atoms with Gasteiger partial charge in [-0.15, -0.1) is 0 Å². The van der Waals surface area contributed by atoms with E-state index >= 15 is 0 Å². The number of nitrogens with zero attached hydrogens (tertiary/aromatic N) is 2. The summed E-state index contributed by atoms with van der Waals surface area (Å²) in [5.41, 5.74) is 10.5. The lowest BCUT2D eigenvalue weighted by molar-refractivity contribution is 0.787. The summed E-state index contributed by atoms with van der Waals surface area (Å²) in [6, 6.07) is 40.6. The third kappa shape index (κ3) is 3.33. The van der Waals surface area contributed by atoms with Crippen molar-refractivity contribution in [3.63, 3.8) is 0 Å². The normalized spacial score (nSPS) is 16.5. The number of aromatic nitrogens is 1. The minimum Gasteiger partial charge on any atom is -0.334 e. The first kappa shape index (κ1) is 23.6. The number of rotatable bonds is 4. The molecule has 0 saturated heterocycles. The second-order valence-corrected chi connectivity index (χ2v) is 11.5. The number of hydrogen-bond acceptors (Lipinski definition) is 1. The van der Waals surface area contributed by atoms with Crippen molar-refractivity contribution in [3.05, 3.63) is 150 Å². The molecule has 1 heterocycles. The minimum atomic E-state index is 0.248. The first-order valence-electron chi connectivity index (χ1n) is 15.0. The summed E-state index contributed by atoms with van der Waals surface area (Å²) >= 11 is 0. The molecule has 0 spiro atoms. The van der Waals surface area contributed by atoms with Crippen LogP contribution in [0.15, 0.2) is 133 Å².